The highest BCUT2D eigenvalue weighted by Crippen LogP contribution is 2.33. The number of halogens is 1. The van der Waals surface area contributed by atoms with Crippen molar-refractivity contribution in [3.63, 3.8) is 0 Å². The quantitative estimate of drug-likeness (QED) is 0.151. The van der Waals surface area contributed by atoms with Crippen molar-refractivity contribution in [3.8, 4) is 22.8 Å². The minimum atomic E-state index is -1.08. The Bertz CT molecular complexity index is 2110. The molecule has 0 aliphatic carbocycles. The Labute approximate surface area is 277 Å². The molecule has 0 spiro atoms. The van der Waals surface area contributed by atoms with Gasteiger partial charge in [0.05, 0.1) is 16.9 Å². The predicted octanol–water partition coefficient (Wildman–Crippen LogP) is 6.56. The van der Waals surface area contributed by atoms with Crippen LogP contribution in [0.25, 0.3) is 22.7 Å². The molecular weight excluding hydrogens is 638 g/mol. The number of hydrogen-bond acceptors (Lipinski definition) is 7. The van der Waals surface area contributed by atoms with E-state index in [-0.39, 0.29) is 12.3 Å². The van der Waals surface area contributed by atoms with E-state index in [1.165, 1.54) is 28.6 Å². The number of fused-ring (bicyclic) bond motifs is 1. The number of para-hydroxylation sites is 1. The van der Waals surface area contributed by atoms with Gasteiger partial charge in [0.1, 0.15) is 17.4 Å². The maximum Gasteiger partial charge on any atom is 0.320 e. The lowest BCUT2D eigenvalue weighted by molar-refractivity contribution is 0.251. The number of hydrogen-bond donors (Lipinski definition) is 3. The molecule has 6 rings (SSSR count). The number of pyridine rings is 1. The fourth-order valence-corrected chi connectivity index (χ4v) is 7.31. The number of nitrogens with one attached hydrogen (secondary N) is 2. The van der Waals surface area contributed by atoms with Crippen molar-refractivity contribution in [1.29, 1.82) is 0 Å². The maximum absolute atomic E-state index is 14.1. The Morgan fingerprint density at radius 3 is 2.57 bits per heavy atom. The number of carbonyl (C=O) groups is 1. The van der Waals surface area contributed by atoms with Gasteiger partial charge in [0.2, 0.25) is 0 Å². The molecule has 3 aromatic carbocycles. The third-order valence-electron chi connectivity index (χ3n) is 7.42. The van der Waals surface area contributed by atoms with Crippen molar-refractivity contribution in [2.24, 2.45) is 0 Å². The number of phenols is 1. The third kappa shape index (κ3) is 7.21. The maximum atomic E-state index is 14.1. The van der Waals surface area contributed by atoms with Crippen LogP contribution < -0.4 is 10.6 Å². The average Bonchev–Trinajstić information content (AvgIpc) is 3.65. The first-order valence-corrected chi connectivity index (χ1v) is 17.2. The Kier molecular flexibility index (Phi) is 9.10. The summed E-state index contributed by atoms with van der Waals surface area (Å²) in [6.07, 6.45) is 3.55. The fourth-order valence-electron chi connectivity index (χ4n) is 5.18. The largest absolute Gasteiger partial charge is 0.507 e. The lowest BCUT2D eigenvalue weighted by atomic mass is 9.92. The number of phenolic OH excluding ortho intramolecular Hbond substituents is 1. The first kappa shape index (κ1) is 32.0. The van der Waals surface area contributed by atoms with Gasteiger partial charge < -0.3 is 10.4 Å². The van der Waals surface area contributed by atoms with E-state index in [1.807, 2.05) is 66.9 Å². The van der Waals surface area contributed by atoms with E-state index < -0.39 is 28.1 Å². The van der Waals surface area contributed by atoms with Crippen LogP contribution in [0.2, 0.25) is 0 Å². The molecule has 3 N–H and O–H groups in total. The van der Waals surface area contributed by atoms with Gasteiger partial charge in [-0.05, 0) is 54.1 Å². The first-order chi connectivity index (χ1) is 22.6. The van der Waals surface area contributed by atoms with E-state index in [9.17, 15) is 18.5 Å². The molecule has 0 aliphatic heterocycles. The zero-order valence-corrected chi connectivity index (χ0v) is 27.5. The van der Waals surface area contributed by atoms with Crippen LogP contribution in [0.3, 0.4) is 0 Å². The van der Waals surface area contributed by atoms with E-state index in [4.69, 9.17) is 0 Å². The highest BCUT2D eigenvalue weighted by Gasteiger charge is 2.27. The Balaban J connectivity index is 1.20. The van der Waals surface area contributed by atoms with Gasteiger partial charge in [-0.2, -0.15) is 5.10 Å². The van der Waals surface area contributed by atoms with Crippen LogP contribution in [0.1, 0.15) is 25.1 Å². The van der Waals surface area contributed by atoms with Gasteiger partial charge in [-0.15, -0.1) is 10.2 Å². The fraction of sp³-hybridized carbons (Fsp3) is 0.176. The van der Waals surface area contributed by atoms with Crippen LogP contribution in [0.5, 0.6) is 5.75 Å². The first-order valence-electron chi connectivity index (χ1n) is 14.7. The van der Waals surface area contributed by atoms with E-state index in [2.05, 4.69) is 25.9 Å². The SMILES string of the molecule is CS(=O)CC(C)(C)c1cc(NC(=O)NCc2ccccc2Sc2ccc3nnc(-c4ccccc4O)n3c2)n(-c2cccc(F)c2)n1. The molecule has 1 atom stereocenters. The molecule has 0 aliphatic rings. The topological polar surface area (TPSA) is 126 Å². The van der Waals surface area contributed by atoms with Crippen molar-refractivity contribution in [2.45, 2.75) is 35.6 Å². The van der Waals surface area contributed by atoms with Gasteiger partial charge in [0, 0.05) is 56.8 Å². The molecular formula is C34H32FN7O3S2. The van der Waals surface area contributed by atoms with Crippen molar-refractivity contribution in [2.75, 3.05) is 17.3 Å². The van der Waals surface area contributed by atoms with E-state index in [0.717, 1.165) is 15.4 Å². The summed E-state index contributed by atoms with van der Waals surface area (Å²) >= 11 is 1.52. The smallest absolute Gasteiger partial charge is 0.320 e. The molecule has 10 nitrogen and oxygen atoms in total. The number of anilines is 1. The Morgan fingerprint density at radius 2 is 1.79 bits per heavy atom. The molecule has 0 bridgehead atoms. The molecule has 240 valence electrons. The summed E-state index contributed by atoms with van der Waals surface area (Å²) in [5, 5.41) is 29.4. The monoisotopic (exact) mass is 669 g/mol. The summed E-state index contributed by atoms with van der Waals surface area (Å²) in [4.78, 5) is 15.1. The molecule has 1 unspecified atom stereocenters. The highest BCUT2D eigenvalue weighted by atomic mass is 32.2. The second-order valence-electron chi connectivity index (χ2n) is 11.6. The average molecular weight is 670 g/mol. The zero-order valence-electron chi connectivity index (χ0n) is 25.8. The van der Waals surface area contributed by atoms with Crippen LogP contribution in [0.4, 0.5) is 15.0 Å². The van der Waals surface area contributed by atoms with E-state index >= 15 is 0 Å². The molecule has 0 saturated heterocycles. The summed E-state index contributed by atoms with van der Waals surface area (Å²) in [6.45, 7) is 4.09. The minimum absolute atomic E-state index is 0.117. The molecule has 13 heteroatoms. The van der Waals surface area contributed by atoms with Crippen LogP contribution in [0.15, 0.2) is 107 Å². The van der Waals surface area contributed by atoms with Crippen LogP contribution in [-0.2, 0) is 22.8 Å². The number of amides is 2. The van der Waals surface area contributed by atoms with Gasteiger partial charge in [-0.1, -0.05) is 62.0 Å². The normalized spacial score (nSPS) is 12.3. The number of benzene rings is 3. The molecule has 2 amide bonds. The number of urea groups is 1. The Hall–Kier alpha value is -5.01. The number of rotatable bonds is 10. The molecule has 3 aromatic heterocycles. The number of nitrogens with zero attached hydrogens (tertiary/aromatic N) is 5. The van der Waals surface area contributed by atoms with Gasteiger partial charge in [0.15, 0.2) is 11.5 Å². The summed E-state index contributed by atoms with van der Waals surface area (Å²) in [5.74, 6) is 0.928. The predicted molar refractivity (Wildman–Crippen MR) is 182 cm³/mol. The van der Waals surface area contributed by atoms with Crippen molar-refractivity contribution in [1.82, 2.24) is 29.7 Å². The molecule has 0 fully saturated rings. The summed E-state index contributed by atoms with van der Waals surface area (Å²) in [7, 11) is -1.08. The lowest BCUT2D eigenvalue weighted by Gasteiger charge is -2.20. The van der Waals surface area contributed by atoms with Crippen molar-refractivity contribution >= 4 is 40.1 Å². The molecule has 47 heavy (non-hydrogen) atoms. The molecule has 3 heterocycles. The summed E-state index contributed by atoms with van der Waals surface area (Å²) in [6, 6.07) is 25.8. The molecule has 0 radical (unpaired) electrons. The van der Waals surface area contributed by atoms with E-state index in [1.54, 1.807) is 42.7 Å². The van der Waals surface area contributed by atoms with Gasteiger partial charge in [-0.3, -0.25) is 13.9 Å². The van der Waals surface area contributed by atoms with Crippen LogP contribution in [-0.4, -0.2) is 51.7 Å². The third-order valence-corrected chi connectivity index (χ3v) is 9.64. The number of aromatic hydroxyl groups is 1. The number of aromatic nitrogens is 5. The summed E-state index contributed by atoms with van der Waals surface area (Å²) in [5.41, 5.74) is 2.61. The van der Waals surface area contributed by atoms with Gasteiger partial charge in [0.25, 0.3) is 0 Å². The standard InChI is InChI=1S/C34H32FN7O3S2/c1-34(2,21-47(3)45)29-18-31(42(40-29)24-11-8-10-23(35)17-24)37-33(44)36-19-22-9-4-7-14-28(22)46-25-15-16-30-38-39-32(41(30)20-25)26-12-5-6-13-27(26)43/h4-18,20,43H,19,21H2,1-3H3,(H2,36,37,44). The highest BCUT2D eigenvalue weighted by molar-refractivity contribution is 7.99. The Morgan fingerprint density at radius 1 is 1.00 bits per heavy atom. The minimum Gasteiger partial charge on any atom is -0.507 e. The van der Waals surface area contributed by atoms with Crippen LogP contribution in [0, 0.1) is 5.82 Å². The van der Waals surface area contributed by atoms with Crippen LogP contribution >= 0.6 is 11.8 Å². The molecule has 0 saturated carbocycles. The van der Waals surface area contributed by atoms with Crippen molar-refractivity contribution < 1.29 is 18.5 Å². The number of carbonyl (C=O) groups excluding carboxylic acids is 1. The van der Waals surface area contributed by atoms with Gasteiger partial charge in [-0.25, -0.2) is 13.9 Å². The van der Waals surface area contributed by atoms with Crippen molar-refractivity contribution in [3.05, 3.63) is 114 Å². The second kappa shape index (κ2) is 13.4. The second-order valence-corrected chi connectivity index (χ2v) is 14.1. The lowest BCUT2D eigenvalue weighted by Crippen LogP contribution is -2.29. The van der Waals surface area contributed by atoms with E-state index in [0.29, 0.717) is 40.0 Å². The summed E-state index contributed by atoms with van der Waals surface area (Å²) < 4.78 is 29.5. The zero-order chi connectivity index (χ0) is 33.1. The molecule has 6 aromatic rings. The van der Waals surface area contributed by atoms with Gasteiger partial charge >= 0.3 is 6.03 Å².